The normalized spacial score (nSPS) is 15.6. The van der Waals surface area contributed by atoms with Crippen LogP contribution in [0.25, 0.3) is 27.5 Å². The van der Waals surface area contributed by atoms with Crippen molar-refractivity contribution in [2.75, 3.05) is 19.4 Å². The van der Waals surface area contributed by atoms with Gasteiger partial charge in [0, 0.05) is 36.0 Å². The molecule has 0 aliphatic heterocycles. The number of carbonyl (C=O) groups excluding carboxylic acids is 1. The summed E-state index contributed by atoms with van der Waals surface area (Å²) >= 11 is 8.42. The molecule has 0 saturated heterocycles. The van der Waals surface area contributed by atoms with Gasteiger partial charge in [0.15, 0.2) is 5.13 Å². The molecule has 7 nitrogen and oxygen atoms in total. The monoisotopic (exact) mass is 504 g/mol. The van der Waals surface area contributed by atoms with Crippen molar-refractivity contribution in [3.8, 4) is 27.5 Å². The molecule has 0 radical (unpaired) electrons. The van der Waals surface area contributed by atoms with Gasteiger partial charge in [-0.1, -0.05) is 29.0 Å². The molecule has 1 N–H and O–H groups in total. The standard InChI is InChI=1S/C26H25ClN6OS/c1-15(34)29-25-30-20-8-7-18-22(16-5-4-12-28-14-16)31-33(23(18)24(20)35-25)21-9-6-17(13-19(21)27)26(10-11-26)32(2)3/h4-6,9,12-14H,7-8,10-11H2,1-3H3,(H,29,30,34). The number of benzene rings is 1. The van der Waals surface area contributed by atoms with Gasteiger partial charge in [-0.2, -0.15) is 5.10 Å². The molecule has 1 aromatic carbocycles. The van der Waals surface area contributed by atoms with Gasteiger partial charge in [-0.05, 0) is 69.6 Å². The Hall–Kier alpha value is -3.07. The van der Waals surface area contributed by atoms with Crippen LogP contribution in [0.5, 0.6) is 0 Å². The van der Waals surface area contributed by atoms with Gasteiger partial charge in [0.2, 0.25) is 5.91 Å². The number of hydrogen-bond acceptors (Lipinski definition) is 6. The minimum absolute atomic E-state index is 0.0741. The quantitative estimate of drug-likeness (QED) is 0.398. The molecule has 1 fully saturated rings. The lowest BCUT2D eigenvalue weighted by atomic mass is 9.95. The third-order valence-electron chi connectivity index (χ3n) is 7.02. The zero-order valence-electron chi connectivity index (χ0n) is 19.8. The first-order valence-corrected chi connectivity index (χ1v) is 12.8. The van der Waals surface area contributed by atoms with Gasteiger partial charge >= 0.3 is 0 Å². The maximum absolute atomic E-state index is 11.7. The molecule has 0 atom stereocenters. The van der Waals surface area contributed by atoms with E-state index in [9.17, 15) is 4.79 Å². The number of hydrogen-bond donors (Lipinski definition) is 1. The molecule has 178 valence electrons. The van der Waals surface area contributed by atoms with E-state index in [4.69, 9.17) is 21.7 Å². The summed E-state index contributed by atoms with van der Waals surface area (Å²) in [4.78, 5) is 24.0. The maximum Gasteiger partial charge on any atom is 0.223 e. The summed E-state index contributed by atoms with van der Waals surface area (Å²) in [6.07, 6.45) is 7.46. The van der Waals surface area contributed by atoms with E-state index in [0.717, 1.165) is 64.5 Å². The number of nitrogens with zero attached hydrogens (tertiary/aromatic N) is 5. The van der Waals surface area contributed by atoms with E-state index in [2.05, 4.69) is 47.5 Å². The van der Waals surface area contributed by atoms with Crippen LogP contribution in [0.15, 0.2) is 42.7 Å². The Balaban J connectivity index is 1.53. The molecule has 0 bridgehead atoms. The largest absolute Gasteiger partial charge is 0.302 e. The number of anilines is 1. The first-order valence-electron chi connectivity index (χ1n) is 11.7. The minimum atomic E-state index is -0.130. The van der Waals surface area contributed by atoms with Crippen molar-refractivity contribution in [1.29, 1.82) is 0 Å². The lowest BCUT2D eigenvalue weighted by molar-refractivity contribution is -0.114. The van der Waals surface area contributed by atoms with Gasteiger partial charge in [-0.25, -0.2) is 9.67 Å². The third-order valence-corrected chi connectivity index (χ3v) is 8.34. The molecule has 3 heterocycles. The van der Waals surface area contributed by atoms with Crippen molar-refractivity contribution >= 4 is 34.0 Å². The van der Waals surface area contributed by atoms with Crippen LogP contribution >= 0.6 is 22.9 Å². The van der Waals surface area contributed by atoms with Gasteiger partial charge in [0.1, 0.15) is 0 Å². The van der Waals surface area contributed by atoms with Crippen LogP contribution in [0.4, 0.5) is 5.13 Å². The predicted molar refractivity (Wildman–Crippen MR) is 139 cm³/mol. The van der Waals surface area contributed by atoms with Gasteiger partial charge in [0.05, 0.1) is 32.7 Å². The number of aromatic nitrogens is 4. The van der Waals surface area contributed by atoms with E-state index >= 15 is 0 Å². The van der Waals surface area contributed by atoms with Crippen LogP contribution in [0.2, 0.25) is 5.02 Å². The van der Waals surface area contributed by atoms with Crippen molar-refractivity contribution < 1.29 is 4.79 Å². The molecule has 4 aromatic rings. The summed E-state index contributed by atoms with van der Waals surface area (Å²) in [6, 6.07) is 10.3. The van der Waals surface area contributed by atoms with Gasteiger partial charge in [-0.15, -0.1) is 0 Å². The molecule has 3 aromatic heterocycles. The molecule has 0 spiro atoms. The highest BCUT2D eigenvalue weighted by Crippen LogP contribution is 2.51. The third kappa shape index (κ3) is 3.67. The molecule has 35 heavy (non-hydrogen) atoms. The average molecular weight is 505 g/mol. The molecule has 2 aliphatic rings. The average Bonchev–Trinajstić information content (AvgIpc) is 3.42. The fourth-order valence-corrected chi connectivity index (χ4v) is 6.44. The molecule has 6 rings (SSSR count). The lowest BCUT2D eigenvalue weighted by Crippen LogP contribution is -2.27. The van der Waals surface area contributed by atoms with Crippen LogP contribution in [-0.2, 0) is 23.2 Å². The predicted octanol–water partition coefficient (Wildman–Crippen LogP) is 5.32. The number of thiazole rings is 1. The topological polar surface area (TPSA) is 75.9 Å². The van der Waals surface area contributed by atoms with E-state index < -0.39 is 0 Å². The minimum Gasteiger partial charge on any atom is -0.302 e. The van der Waals surface area contributed by atoms with Crippen molar-refractivity contribution in [2.24, 2.45) is 0 Å². The molecular weight excluding hydrogens is 480 g/mol. The fourth-order valence-electron chi connectivity index (χ4n) is 5.06. The second kappa shape index (κ2) is 8.26. The van der Waals surface area contributed by atoms with E-state index in [1.807, 2.05) is 23.0 Å². The van der Waals surface area contributed by atoms with E-state index in [0.29, 0.717) is 10.2 Å². The van der Waals surface area contributed by atoms with Crippen molar-refractivity contribution in [1.82, 2.24) is 24.6 Å². The Morgan fingerprint density at radius 1 is 1.23 bits per heavy atom. The summed E-state index contributed by atoms with van der Waals surface area (Å²) in [5.41, 5.74) is 7.12. The van der Waals surface area contributed by atoms with Crippen LogP contribution in [-0.4, -0.2) is 44.7 Å². The number of nitrogens with one attached hydrogen (secondary N) is 1. The van der Waals surface area contributed by atoms with Crippen molar-refractivity contribution in [2.45, 2.75) is 38.1 Å². The second-order valence-corrected chi connectivity index (χ2v) is 10.8. The van der Waals surface area contributed by atoms with E-state index in [-0.39, 0.29) is 11.4 Å². The van der Waals surface area contributed by atoms with Crippen molar-refractivity contribution in [3.05, 3.63) is 64.6 Å². The van der Waals surface area contributed by atoms with Crippen LogP contribution in [0, 0.1) is 0 Å². The molecule has 1 amide bonds. The first kappa shape index (κ1) is 22.4. The summed E-state index contributed by atoms with van der Waals surface area (Å²) in [6.45, 7) is 1.50. The molecule has 1 saturated carbocycles. The molecule has 9 heteroatoms. The zero-order valence-corrected chi connectivity index (χ0v) is 21.4. The number of pyridine rings is 1. The number of rotatable bonds is 5. The van der Waals surface area contributed by atoms with E-state index in [1.165, 1.54) is 23.8 Å². The van der Waals surface area contributed by atoms with E-state index in [1.54, 1.807) is 6.20 Å². The fraction of sp³-hybridized carbons (Fsp3) is 0.308. The highest BCUT2D eigenvalue weighted by atomic mass is 35.5. The Labute approximate surface area is 212 Å². The Kier molecular flexibility index (Phi) is 5.28. The molecular formula is C26H25ClN6OS. The number of fused-ring (bicyclic) bond motifs is 3. The molecule has 2 aliphatic carbocycles. The summed E-state index contributed by atoms with van der Waals surface area (Å²) < 4.78 is 1.95. The summed E-state index contributed by atoms with van der Waals surface area (Å²) in [7, 11) is 4.24. The highest BCUT2D eigenvalue weighted by molar-refractivity contribution is 7.19. The SMILES string of the molecule is CC(=O)Nc1nc2c(s1)-c1c(c(-c3cccnc3)nn1-c1ccc(C3(N(C)C)CC3)cc1Cl)CC2. The number of amides is 1. The van der Waals surface area contributed by atoms with Gasteiger partial charge in [0.25, 0.3) is 0 Å². The second-order valence-electron chi connectivity index (χ2n) is 9.40. The highest BCUT2D eigenvalue weighted by Gasteiger charge is 2.46. The van der Waals surface area contributed by atoms with Crippen LogP contribution in [0.3, 0.4) is 0 Å². The van der Waals surface area contributed by atoms with Gasteiger partial charge in [-0.3, -0.25) is 14.7 Å². The Morgan fingerprint density at radius 3 is 2.71 bits per heavy atom. The summed E-state index contributed by atoms with van der Waals surface area (Å²) in [5, 5.41) is 9.19. The van der Waals surface area contributed by atoms with Gasteiger partial charge < -0.3 is 5.32 Å². The smallest absolute Gasteiger partial charge is 0.223 e. The lowest BCUT2D eigenvalue weighted by Gasteiger charge is -2.25. The Bertz CT molecular complexity index is 1450. The van der Waals surface area contributed by atoms with Crippen LogP contribution in [0.1, 0.15) is 36.6 Å². The number of halogens is 1. The number of carbonyl (C=O) groups is 1. The maximum atomic E-state index is 11.7. The first-order chi connectivity index (χ1) is 16.9. The molecule has 0 unspecified atom stereocenters. The Morgan fingerprint density at radius 2 is 2.06 bits per heavy atom. The van der Waals surface area contributed by atoms with Crippen molar-refractivity contribution in [3.63, 3.8) is 0 Å². The number of aryl methyl sites for hydroxylation is 1. The van der Waals surface area contributed by atoms with Crippen LogP contribution < -0.4 is 5.32 Å². The zero-order chi connectivity index (χ0) is 24.3. The summed E-state index contributed by atoms with van der Waals surface area (Å²) in [5.74, 6) is -0.130.